The minimum absolute atomic E-state index is 0.0200. The molecule has 0 aliphatic carbocycles. The molecule has 0 aliphatic rings. The standard InChI is InChI=1S/C12H18O4S/c1-9-4-6-12(7-5-9)17(14,15)16-8-10(2)11(3)13/h4-7,10-11,13H,8H2,1-3H3/t10-,11+/m0/s1. The lowest BCUT2D eigenvalue weighted by molar-refractivity contribution is 0.101. The van der Waals surface area contributed by atoms with Crippen LogP contribution in [0, 0.1) is 12.8 Å². The predicted molar refractivity (Wildman–Crippen MR) is 65.2 cm³/mol. The van der Waals surface area contributed by atoms with Gasteiger partial charge in [0.15, 0.2) is 0 Å². The van der Waals surface area contributed by atoms with Crippen molar-refractivity contribution in [3.63, 3.8) is 0 Å². The fourth-order valence-corrected chi connectivity index (χ4v) is 2.11. The molecule has 0 aromatic heterocycles. The lowest BCUT2D eigenvalue weighted by Crippen LogP contribution is -2.21. The van der Waals surface area contributed by atoms with Crippen LogP contribution in [0.5, 0.6) is 0 Å². The van der Waals surface area contributed by atoms with Gasteiger partial charge in [-0.1, -0.05) is 24.6 Å². The topological polar surface area (TPSA) is 63.6 Å². The summed E-state index contributed by atoms with van der Waals surface area (Å²) in [5.74, 6) is -0.227. The van der Waals surface area contributed by atoms with Gasteiger partial charge in [0.2, 0.25) is 0 Å². The largest absolute Gasteiger partial charge is 0.393 e. The highest BCUT2D eigenvalue weighted by Crippen LogP contribution is 2.15. The van der Waals surface area contributed by atoms with Crippen molar-refractivity contribution in [1.82, 2.24) is 0 Å². The lowest BCUT2D eigenvalue weighted by Gasteiger charge is -2.14. The van der Waals surface area contributed by atoms with Crippen LogP contribution < -0.4 is 0 Å². The van der Waals surface area contributed by atoms with Gasteiger partial charge in [0, 0.05) is 5.92 Å². The summed E-state index contributed by atoms with van der Waals surface area (Å²) >= 11 is 0. The maximum atomic E-state index is 11.8. The first-order valence-corrected chi connectivity index (χ1v) is 6.88. The molecule has 0 aliphatic heterocycles. The number of rotatable bonds is 5. The molecule has 1 rings (SSSR count). The Balaban J connectivity index is 2.72. The Labute approximate surface area is 102 Å². The molecule has 1 N–H and O–H groups in total. The number of benzene rings is 1. The first-order chi connectivity index (χ1) is 7.83. The first-order valence-electron chi connectivity index (χ1n) is 5.47. The SMILES string of the molecule is Cc1ccc(S(=O)(=O)OC[C@H](C)[C@@H](C)O)cc1. The molecule has 96 valence electrons. The van der Waals surface area contributed by atoms with Gasteiger partial charge in [-0.05, 0) is 26.0 Å². The van der Waals surface area contributed by atoms with Crippen molar-refractivity contribution in [3.8, 4) is 0 Å². The smallest absolute Gasteiger partial charge is 0.296 e. The molecule has 1 aromatic rings. The lowest BCUT2D eigenvalue weighted by atomic mass is 10.1. The van der Waals surface area contributed by atoms with E-state index in [4.69, 9.17) is 4.18 Å². The summed E-state index contributed by atoms with van der Waals surface area (Å²) in [7, 11) is -3.72. The average Bonchev–Trinajstić information content (AvgIpc) is 2.26. The van der Waals surface area contributed by atoms with Crippen LogP contribution in [0.15, 0.2) is 29.2 Å². The van der Waals surface area contributed by atoms with Crippen molar-refractivity contribution in [2.24, 2.45) is 5.92 Å². The monoisotopic (exact) mass is 258 g/mol. The van der Waals surface area contributed by atoms with Crippen molar-refractivity contribution < 1.29 is 17.7 Å². The zero-order chi connectivity index (χ0) is 13.1. The fraction of sp³-hybridized carbons (Fsp3) is 0.500. The number of hydrogen-bond acceptors (Lipinski definition) is 4. The number of aliphatic hydroxyl groups is 1. The molecule has 0 saturated heterocycles. The second kappa shape index (κ2) is 5.62. The Morgan fingerprint density at radius 2 is 1.76 bits per heavy atom. The van der Waals surface area contributed by atoms with E-state index in [2.05, 4.69) is 0 Å². The molecular weight excluding hydrogens is 240 g/mol. The highest BCUT2D eigenvalue weighted by atomic mass is 32.2. The van der Waals surface area contributed by atoms with E-state index >= 15 is 0 Å². The van der Waals surface area contributed by atoms with Crippen LogP contribution >= 0.6 is 0 Å². The van der Waals surface area contributed by atoms with Gasteiger partial charge in [-0.3, -0.25) is 4.18 Å². The molecule has 2 atom stereocenters. The normalized spacial score (nSPS) is 15.5. The van der Waals surface area contributed by atoms with Crippen LogP contribution in [-0.4, -0.2) is 26.2 Å². The molecule has 0 spiro atoms. The summed E-state index contributed by atoms with van der Waals surface area (Å²) in [6.45, 7) is 5.20. The third-order valence-electron chi connectivity index (χ3n) is 2.62. The highest BCUT2D eigenvalue weighted by Gasteiger charge is 2.18. The Bertz CT molecular complexity index is 448. The molecule has 0 bridgehead atoms. The number of aliphatic hydroxyl groups excluding tert-OH is 1. The van der Waals surface area contributed by atoms with E-state index in [1.54, 1.807) is 26.0 Å². The summed E-state index contributed by atoms with van der Waals surface area (Å²) in [5, 5.41) is 9.25. The number of hydrogen-bond donors (Lipinski definition) is 1. The maximum Gasteiger partial charge on any atom is 0.296 e. The molecule has 0 heterocycles. The number of aryl methyl sites for hydroxylation is 1. The van der Waals surface area contributed by atoms with Gasteiger partial charge < -0.3 is 5.11 Å². The summed E-state index contributed by atoms with van der Waals surface area (Å²) in [5.41, 5.74) is 0.987. The van der Waals surface area contributed by atoms with Crippen molar-refractivity contribution >= 4 is 10.1 Å². The Kier molecular flexibility index (Phi) is 4.68. The van der Waals surface area contributed by atoms with Crippen molar-refractivity contribution in [2.45, 2.75) is 31.8 Å². The van der Waals surface area contributed by atoms with E-state index in [0.29, 0.717) is 0 Å². The Morgan fingerprint density at radius 1 is 1.24 bits per heavy atom. The van der Waals surface area contributed by atoms with Gasteiger partial charge in [0.1, 0.15) is 0 Å². The average molecular weight is 258 g/mol. The summed E-state index contributed by atoms with van der Waals surface area (Å²) in [6.07, 6.45) is -0.594. The van der Waals surface area contributed by atoms with Crippen LogP contribution in [-0.2, 0) is 14.3 Å². The second-order valence-corrected chi connectivity index (χ2v) is 5.88. The second-order valence-electron chi connectivity index (χ2n) is 4.27. The molecule has 1 aromatic carbocycles. The molecule has 0 radical (unpaired) electrons. The van der Waals surface area contributed by atoms with Gasteiger partial charge in [-0.2, -0.15) is 8.42 Å². The zero-order valence-corrected chi connectivity index (χ0v) is 11.1. The summed E-state index contributed by atoms with van der Waals surface area (Å²) in [6, 6.07) is 6.46. The van der Waals surface area contributed by atoms with Crippen molar-refractivity contribution in [2.75, 3.05) is 6.61 Å². The van der Waals surface area contributed by atoms with E-state index in [1.165, 1.54) is 12.1 Å². The quantitative estimate of drug-likeness (QED) is 0.817. The highest BCUT2D eigenvalue weighted by molar-refractivity contribution is 7.86. The Hall–Kier alpha value is -0.910. The van der Waals surface area contributed by atoms with Crippen LogP contribution in [0.25, 0.3) is 0 Å². The van der Waals surface area contributed by atoms with E-state index in [-0.39, 0.29) is 17.4 Å². The van der Waals surface area contributed by atoms with E-state index < -0.39 is 16.2 Å². The molecule has 0 fully saturated rings. The van der Waals surface area contributed by atoms with Gasteiger partial charge in [0.25, 0.3) is 10.1 Å². The van der Waals surface area contributed by atoms with Crippen LogP contribution in [0.2, 0.25) is 0 Å². The minimum Gasteiger partial charge on any atom is -0.393 e. The van der Waals surface area contributed by atoms with Gasteiger partial charge in [-0.25, -0.2) is 0 Å². The molecule has 0 unspecified atom stereocenters. The summed E-state index contributed by atoms with van der Waals surface area (Å²) in [4.78, 5) is 0.140. The molecule has 0 saturated carbocycles. The van der Waals surface area contributed by atoms with Gasteiger partial charge in [-0.15, -0.1) is 0 Å². The zero-order valence-electron chi connectivity index (χ0n) is 10.3. The van der Waals surface area contributed by atoms with Crippen molar-refractivity contribution in [3.05, 3.63) is 29.8 Å². The van der Waals surface area contributed by atoms with Crippen LogP contribution in [0.4, 0.5) is 0 Å². The van der Waals surface area contributed by atoms with Gasteiger partial charge >= 0.3 is 0 Å². The third-order valence-corrected chi connectivity index (χ3v) is 3.92. The molecule has 0 amide bonds. The maximum absolute atomic E-state index is 11.8. The molecule has 17 heavy (non-hydrogen) atoms. The predicted octanol–water partition coefficient (Wildman–Crippen LogP) is 1.72. The molecule has 4 nitrogen and oxygen atoms in total. The van der Waals surface area contributed by atoms with Crippen LogP contribution in [0.3, 0.4) is 0 Å². The molecule has 5 heteroatoms. The third kappa shape index (κ3) is 4.11. The minimum atomic E-state index is -3.72. The summed E-state index contributed by atoms with van der Waals surface area (Å²) < 4.78 is 28.4. The van der Waals surface area contributed by atoms with Gasteiger partial charge in [0.05, 0.1) is 17.6 Å². The first kappa shape index (κ1) is 14.2. The Morgan fingerprint density at radius 3 is 2.24 bits per heavy atom. The molecular formula is C12H18O4S. The van der Waals surface area contributed by atoms with E-state index in [0.717, 1.165) is 5.56 Å². The van der Waals surface area contributed by atoms with E-state index in [9.17, 15) is 13.5 Å². The van der Waals surface area contributed by atoms with E-state index in [1.807, 2.05) is 6.92 Å². The van der Waals surface area contributed by atoms with Crippen molar-refractivity contribution in [1.29, 1.82) is 0 Å². The van der Waals surface area contributed by atoms with Crippen LogP contribution in [0.1, 0.15) is 19.4 Å². The fourth-order valence-electron chi connectivity index (χ4n) is 1.11.